The minimum Gasteiger partial charge on any atom is -0.384 e. The van der Waals surface area contributed by atoms with Gasteiger partial charge >= 0.3 is 0 Å². The van der Waals surface area contributed by atoms with Gasteiger partial charge in [-0.3, -0.25) is 4.79 Å². The molecule has 104 valence electrons. The maximum absolute atomic E-state index is 12.2. The van der Waals surface area contributed by atoms with E-state index in [1.807, 2.05) is 11.0 Å². The summed E-state index contributed by atoms with van der Waals surface area (Å²) in [5, 5.41) is 2.10. The molecule has 0 spiro atoms. The van der Waals surface area contributed by atoms with Crippen molar-refractivity contribution in [1.82, 2.24) is 9.88 Å². The number of fused-ring (bicyclic) bond motifs is 1. The summed E-state index contributed by atoms with van der Waals surface area (Å²) in [6.07, 6.45) is 2.69. The number of nitrogens with zero attached hydrogens (tertiary/aromatic N) is 2. The number of thioether (sulfide) groups is 1. The minimum atomic E-state index is 0.184. The number of aromatic nitrogens is 1. The van der Waals surface area contributed by atoms with Crippen LogP contribution in [0.3, 0.4) is 0 Å². The molecule has 20 heavy (non-hydrogen) atoms. The predicted molar refractivity (Wildman–Crippen MR) is 82.8 cm³/mol. The number of anilines is 1. The molecule has 3 heterocycles. The molecule has 0 unspecified atom stereocenters. The highest BCUT2D eigenvalue weighted by atomic mass is 32.2. The summed E-state index contributed by atoms with van der Waals surface area (Å²) in [5.41, 5.74) is 6.84. The topological polar surface area (TPSA) is 59.2 Å². The Bertz CT molecular complexity index is 609. The molecule has 0 atom stereocenters. The van der Waals surface area contributed by atoms with Crippen LogP contribution >= 0.6 is 23.1 Å². The molecule has 0 aliphatic carbocycles. The largest absolute Gasteiger partial charge is 0.384 e. The standard InChI is InChI=1S/C14H15N3OS2/c15-13-2-1-11(7-16-13)20-9-14(18)17-5-3-12-10(8-17)4-6-19-12/h1-2,4,6-7H,3,5,8-9H2,(H2,15,16). The Labute approximate surface area is 126 Å². The molecule has 0 saturated heterocycles. The number of carbonyl (C=O) groups is 1. The van der Waals surface area contributed by atoms with Crippen molar-refractivity contribution in [2.24, 2.45) is 0 Å². The highest BCUT2D eigenvalue weighted by molar-refractivity contribution is 8.00. The average molecular weight is 305 g/mol. The lowest BCUT2D eigenvalue weighted by atomic mass is 10.1. The number of hydrogen-bond acceptors (Lipinski definition) is 5. The van der Waals surface area contributed by atoms with E-state index in [0.29, 0.717) is 11.6 Å². The zero-order chi connectivity index (χ0) is 13.9. The second-order valence-electron chi connectivity index (χ2n) is 4.64. The number of nitrogens with two attached hydrogens (primary N) is 1. The van der Waals surface area contributed by atoms with Gasteiger partial charge < -0.3 is 10.6 Å². The van der Waals surface area contributed by atoms with Crippen LogP contribution in [0.5, 0.6) is 0 Å². The monoisotopic (exact) mass is 305 g/mol. The Morgan fingerprint density at radius 2 is 2.35 bits per heavy atom. The predicted octanol–water partition coefficient (Wildman–Crippen LogP) is 2.40. The quantitative estimate of drug-likeness (QED) is 0.885. The van der Waals surface area contributed by atoms with Gasteiger partial charge in [0.25, 0.3) is 0 Å². The lowest BCUT2D eigenvalue weighted by Gasteiger charge is -2.26. The van der Waals surface area contributed by atoms with E-state index in [1.165, 1.54) is 22.2 Å². The van der Waals surface area contributed by atoms with Crippen molar-refractivity contribution in [2.45, 2.75) is 17.9 Å². The molecule has 1 aliphatic rings. The Balaban J connectivity index is 1.56. The molecular weight excluding hydrogens is 290 g/mol. The van der Waals surface area contributed by atoms with Crippen LogP contribution in [0.1, 0.15) is 10.4 Å². The van der Waals surface area contributed by atoms with Crippen molar-refractivity contribution in [3.63, 3.8) is 0 Å². The fourth-order valence-electron chi connectivity index (χ4n) is 2.17. The van der Waals surface area contributed by atoms with Crippen LogP contribution in [0.2, 0.25) is 0 Å². The molecule has 2 aromatic rings. The summed E-state index contributed by atoms with van der Waals surface area (Å²) in [5.74, 6) is 1.13. The SMILES string of the molecule is Nc1ccc(SCC(=O)N2CCc3sccc3C2)cn1. The fourth-order valence-corrected chi connectivity index (χ4v) is 3.83. The number of pyridine rings is 1. The number of hydrogen-bond donors (Lipinski definition) is 1. The zero-order valence-electron chi connectivity index (χ0n) is 10.9. The van der Waals surface area contributed by atoms with Crippen LogP contribution < -0.4 is 5.73 Å². The summed E-state index contributed by atoms with van der Waals surface area (Å²) in [4.78, 5) is 20.6. The van der Waals surface area contributed by atoms with Crippen LogP contribution in [0, 0.1) is 0 Å². The Kier molecular flexibility index (Phi) is 3.93. The van der Waals surface area contributed by atoms with E-state index in [4.69, 9.17) is 5.73 Å². The first-order valence-electron chi connectivity index (χ1n) is 6.40. The molecule has 1 aliphatic heterocycles. The van der Waals surface area contributed by atoms with E-state index < -0.39 is 0 Å². The summed E-state index contributed by atoms with van der Waals surface area (Å²) in [7, 11) is 0. The van der Waals surface area contributed by atoms with Gasteiger partial charge in [-0.25, -0.2) is 4.98 Å². The third-order valence-corrected chi connectivity index (χ3v) is 5.27. The third-order valence-electron chi connectivity index (χ3n) is 3.28. The zero-order valence-corrected chi connectivity index (χ0v) is 12.5. The third kappa shape index (κ3) is 2.96. The van der Waals surface area contributed by atoms with Gasteiger partial charge in [-0.15, -0.1) is 23.1 Å². The Morgan fingerprint density at radius 1 is 1.45 bits per heavy atom. The van der Waals surface area contributed by atoms with Gasteiger partial charge in [0.2, 0.25) is 5.91 Å². The number of carbonyl (C=O) groups excluding carboxylic acids is 1. The number of rotatable bonds is 3. The molecule has 4 nitrogen and oxygen atoms in total. The number of nitrogen functional groups attached to an aromatic ring is 1. The molecule has 2 aromatic heterocycles. The van der Waals surface area contributed by atoms with E-state index in [2.05, 4.69) is 16.4 Å². The van der Waals surface area contributed by atoms with Gasteiger partial charge in [0, 0.05) is 29.1 Å². The molecular formula is C14H15N3OS2. The molecule has 0 bridgehead atoms. The van der Waals surface area contributed by atoms with Gasteiger partial charge in [-0.2, -0.15) is 0 Å². The van der Waals surface area contributed by atoms with Crippen molar-refractivity contribution in [3.8, 4) is 0 Å². The lowest BCUT2D eigenvalue weighted by Crippen LogP contribution is -2.36. The highest BCUT2D eigenvalue weighted by Crippen LogP contribution is 2.25. The van der Waals surface area contributed by atoms with Crippen molar-refractivity contribution in [3.05, 3.63) is 40.2 Å². The maximum atomic E-state index is 12.2. The smallest absolute Gasteiger partial charge is 0.233 e. The highest BCUT2D eigenvalue weighted by Gasteiger charge is 2.21. The lowest BCUT2D eigenvalue weighted by molar-refractivity contribution is -0.129. The van der Waals surface area contributed by atoms with E-state index >= 15 is 0 Å². The number of amides is 1. The molecule has 2 N–H and O–H groups in total. The summed E-state index contributed by atoms with van der Waals surface area (Å²) >= 11 is 3.29. The van der Waals surface area contributed by atoms with Crippen LogP contribution in [0.4, 0.5) is 5.82 Å². The summed E-state index contributed by atoms with van der Waals surface area (Å²) in [6, 6.07) is 5.77. The maximum Gasteiger partial charge on any atom is 0.233 e. The second kappa shape index (κ2) is 5.85. The van der Waals surface area contributed by atoms with Gasteiger partial charge in [0.1, 0.15) is 5.82 Å². The van der Waals surface area contributed by atoms with Crippen molar-refractivity contribution >= 4 is 34.8 Å². The first-order chi connectivity index (χ1) is 9.72. The van der Waals surface area contributed by atoms with Gasteiger partial charge in [-0.1, -0.05) is 0 Å². The molecule has 0 fully saturated rings. The first kappa shape index (κ1) is 13.5. The van der Waals surface area contributed by atoms with Gasteiger partial charge in [-0.05, 0) is 35.6 Å². The molecule has 0 aromatic carbocycles. The van der Waals surface area contributed by atoms with Crippen LogP contribution in [0.25, 0.3) is 0 Å². The van der Waals surface area contributed by atoms with Crippen molar-refractivity contribution in [2.75, 3.05) is 18.0 Å². The van der Waals surface area contributed by atoms with Crippen LogP contribution in [0.15, 0.2) is 34.7 Å². The minimum absolute atomic E-state index is 0.184. The van der Waals surface area contributed by atoms with E-state index in [0.717, 1.165) is 24.4 Å². The van der Waals surface area contributed by atoms with Gasteiger partial charge in [0.05, 0.1) is 5.75 Å². The van der Waals surface area contributed by atoms with E-state index in [1.54, 1.807) is 23.6 Å². The first-order valence-corrected chi connectivity index (χ1v) is 8.26. The molecule has 0 radical (unpaired) electrons. The molecule has 1 amide bonds. The van der Waals surface area contributed by atoms with Crippen LogP contribution in [-0.2, 0) is 17.8 Å². The van der Waals surface area contributed by atoms with E-state index in [-0.39, 0.29) is 5.91 Å². The molecule has 3 rings (SSSR count). The number of thiophene rings is 1. The second-order valence-corrected chi connectivity index (χ2v) is 6.69. The summed E-state index contributed by atoms with van der Waals surface area (Å²) < 4.78 is 0. The van der Waals surface area contributed by atoms with Crippen LogP contribution in [-0.4, -0.2) is 28.1 Å². The molecule has 6 heteroatoms. The normalized spacial score (nSPS) is 14.1. The Morgan fingerprint density at radius 3 is 3.15 bits per heavy atom. The Hall–Kier alpha value is -1.53. The average Bonchev–Trinajstić information content (AvgIpc) is 2.93. The molecule has 0 saturated carbocycles. The summed E-state index contributed by atoms with van der Waals surface area (Å²) in [6.45, 7) is 1.57. The fraction of sp³-hybridized carbons (Fsp3) is 0.286. The van der Waals surface area contributed by atoms with Crippen molar-refractivity contribution < 1.29 is 4.79 Å². The van der Waals surface area contributed by atoms with Gasteiger partial charge in [0.15, 0.2) is 0 Å². The van der Waals surface area contributed by atoms with Crippen molar-refractivity contribution in [1.29, 1.82) is 0 Å². The van der Waals surface area contributed by atoms with E-state index in [9.17, 15) is 4.79 Å².